The Morgan fingerprint density at radius 2 is 1.77 bits per heavy atom. The van der Waals surface area contributed by atoms with Crippen molar-refractivity contribution in [3.8, 4) is 5.69 Å². The van der Waals surface area contributed by atoms with Gasteiger partial charge in [-0.3, -0.25) is 9.59 Å². The molecule has 3 aliphatic rings. The molecule has 0 saturated carbocycles. The Morgan fingerprint density at radius 3 is 2.57 bits per heavy atom. The summed E-state index contributed by atoms with van der Waals surface area (Å²) in [6.45, 7) is 3.69. The number of amides is 2. The minimum Gasteiger partial charge on any atom is -0.378 e. The van der Waals surface area contributed by atoms with Gasteiger partial charge in [0.15, 0.2) is 5.69 Å². The molecule has 3 heterocycles. The minimum atomic E-state index is -0.120. The Kier molecular flexibility index (Phi) is 5.29. The number of fused-ring (bicyclic) bond motifs is 1. The van der Waals surface area contributed by atoms with Crippen molar-refractivity contribution >= 4 is 11.8 Å². The van der Waals surface area contributed by atoms with Gasteiger partial charge >= 0.3 is 0 Å². The van der Waals surface area contributed by atoms with Crippen LogP contribution in [0.15, 0.2) is 30.3 Å². The Balaban J connectivity index is 1.36. The maximum atomic E-state index is 13.5. The second-order valence-corrected chi connectivity index (χ2v) is 8.40. The van der Waals surface area contributed by atoms with Crippen molar-refractivity contribution in [2.75, 3.05) is 39.4 Å². The van der Waals surface area contributed by atoms with E-state index in [1.807, 2.05) is 44.8 Å². The van der Waals surface area contributed by atoms with E-state index in [9.17, 15) is 9.59 Å². The number of nitrogens with zero attached hydrogens (tertiary/aromatic N) is 4. The number of piperidine rings is 1. The monoisotopic (exact) mass is 408 g/mol. The number of benzene rings is 1. The fourth-order valence-electron chi connectivity index (χ4n) is 4.95. The zero-order chi connectivity index (χ0) is 20.5. The number of carbonyl (C=O) groups is 2. The van der Waals surface area contributed by atoms with E-state index in [0.29, 0.717) is 45.1 Å². The van der Waals surface area contributed by atoms with E-state index in [0.717, 1.165) is 49.0 Å². The summed E-state index contributed by atoms with van der Waals surface area (Å²) >= 11 is 0. The molecule has 7 heteroatoms. The van der Waals surface area contributed by atoms with E-state index in [1.165, 1.54) is 0 Å². The molecule has 1 unspecified atom stereocenters. The van der Waals surface area contributed by atoms with Gasteiger partial charge in [0.25, 0.3) is 5.91 Å². The lowest BCUT2D eigenvalue weighted by molar-refractivity contribution is -0.141. The van der Waals surface area contributed by atoms with Crippen LogP contribution < -0.4 is 0 Å². The van der Waals surface area contributed by atoms with Crippen molar-refractivity contribution in [2.24, 2.45) is 5.92 Å². The summed E-state index contributed by atoms with van der Waals surface area (Å²) in [4.78, 5) is 30.1. The van der Waals surface area contributed by atoms with Crippen molar-refractivity contribution in [2.45, 2.75) is 32.1 Å². The highest BCUT2D eigenvalue weighted by Crippen LogP contribution is 2.30. The van der Waals surface area contributed by atoms with Crippen LogP contribution in [-0.4, -0.2) is 70.8 Å². The van der Waals surface area contributed by atoms with Crippen molar-refractivity contribution in [3.63, 3.8) is 0 Å². The molecule has 158 valence electrons. The molecular formula is C23H28N4O3. The maximum absolute atomic E-state index is 13.5. The summed E-state index contributed by atoms with van der Waals surface area (Å²) in [7, 11) is 0. The second-order valence-electron chi connectivity index (χ2n) is 8.40. The van der Waals surface area contributed by atoms with Gasteiger partial charge in [0.2, 0.25) is 5.91 Å². The predicted molar refractivity (Wildman–Crippen MR) is 112 cm³/mol. The lowest BCUT2D eigenvalue weighted by Crippen LogP contribution is -2.49. The van der Waals surface area contributed by atoms with Gasteiger partial charge in [-0.2, -0.15) is 5.10 Å². The summed E-state index contributed by atoms with van der Waals surface area (Å²) in [6, 6.07) is 10.0. The van der Waals surface area contributed by atoms with E-state index in [2.05, 4.69) is 0 Å². The van der Waals surface area contributed by atoms with Gasteiger partial charge in [0.05, 0.1) is 24.8 Å². The molecule has 1 aromatic carbocycles. The molecular weight excluding hydrogens is 380 g/mol. The van der Waals surface area contributed by atoms with E-state index in [4.69, 9.17) is 9.84 Å². The van der Waals surface area contributed by atoms with Crippen molar-refractivity contribution in [1.29, 1.82) is 0 Å². The fraction of sp³-hybridized carbons (Fsp3) is 0.522. The number of aromatic nitrogens is 2. The Hall–Kier alpha value is -2.67. The highest BCUT2D eigenvalue weighted by Gasteiger charge is 2.35. The molecule has 2 aliphatic heterocycles. The Morgan fingerprint density at radius 1 is 0.967 bits per heavy atom. The first kappa shape index (κ1) is 19.3. The highest BCUT2D eigenvalue weighted by molar-refractivity contribution is 5.95. The van der Waals surface area contributed by atoms with Crippen LogP contribution in [0, 0.1) is 5.92 Å². The number of rotatable bonds is 3. The van der Waals surface area contributed by atoms with Crippen LogP contribution in [0.4, 0.5) is 0 Å². The number of hydrogen-bond acceptors (Lipinski definition) is 4. The minimum absolute atomic E-state index is 0.0256. The number of para-hydroxylation sites is 1. The lowest BCUT2D eigenvalue weighted by atomic mass is 9.95. The summed E-state index contributed by atoms with van der Waals surface area (Å²) in [5.74, 6) is 0.0169. The van der Waals surface area contributed by atoms with Crippen LogP contribution >= 0.6 is 0 Å². The Bertz CT molecular complexity index is 933. The van der Waals surface area contributed by atoms with Crippen LogP contribution in [0.3, 0.4) is 0 Å². The van der Waals surface area contributed by atoms with Gasteiger partial charge < -0.3 is 14.5 Å². The molecule has 5 rings (SSSR count). The number of morpholine rings is 1. The molecule has 0 spiro atoms. The Labute approximate surface area is 176 Å². The lowest BCUT2D eigenvalue weighted by Gasteiger charge is -2.36. The van der Waals surface area contributed by atoms with Gasteiger partial charge in [0.1, 0.15) is 0 Å². The van der Waals surface area contributed by atoms with Crippen molar-refractivity contribution in [1.82, 2.24) is 19.6 Å². The molecule has 1 aromatic heterocycles. The SMILES string of the molecule is O=C(c1nn(-c2ccccc2)c2c1CCC2)N1CCCC(C(=O)N2CCOCC2)C1. The van der Waals surface area contributed by atoms with Crippen LogP contribution in [0.25, 0.3) is 5.69 Å². The second kappa shape index (κ2) is 8.22. The fourth-order valence-corrected chi connectivity index (χ4v) is 4.95. The number of hydrogen-bond donors (Lipinski definition) is 0. The van der Waals surface area contributed by atoms with Crippen molar-refractivity contribution < 1.29 is 14.3 Å². The van der Waals surface area contributed by atoms with Crippen LogP contribution in [0.5, 0.6) is 0 Å². The highest BCUT2D eigenvalue weighted by atomic mass is 16.5. The quantitative estimate of drug-likeness (QED) is 0.780. The molecule has 2 aromatic rings. The molecule has 2 amide bonds. The first-order valence-electron chi connectivity index (χ1n) is 11.0. The molecule has 0 radical (unpaired) electrons. The van der Waals surface area contributed by atoms with E-state index in [1.54, 1.807) is 0 Å². The summed E-state index contributed by atoms with van der Waals surface area (Å²) in [6.07, 6.45) is 4.60. The molecule has 1 atom stereocenters. The molecule has 1 aliphatic carbocycles. The van der Waals surface area contributed by atoms with Gasteiger partial charge in [-0.15, -0.1) is 0 Å². The molecule has 2 fully saturated rings. The summed E-state index contributed by atoms with van der Waals surface area (Å²) in [5, 5.41) is 4.75. The van der Waals surface area contributed by atoms with Gasteiger partial charge in [-0.25, -0.2) is 4.68 Å². The molecule has 30 heavy (non-hydrogen) atoms. The normalized spacial score (nSPS) is 21.5. The molecule has 0 N–H and O–H groups in total. The molecule has 0 bridgehead atoms. The first-order valence-corrected chi connectivity index (χ1v) is 11.0. The smallest absolute Gasteiger partial charge is 0.274 e. The third-order valence-electron chi connectivity index (χ3n) is 6.51. The zero-order valence-corrected chi connectivity index (χ0v) is 17.3. The predicted octanol–water partition coefficient (Wildman–Crippen LogP) is 2.07. The van der Waals surface area contributed by atoms with Crippen molar-refractivity contribution in [3.05, 3.63) is 47.3 Å². The molecule has 2 saturated heterocycles. The number of carbonyl (C=O) groups excluding carboxylic acids is 2. The number of ether oxygens (including phenoxy) is 1. The average molecular weight is 409 g/mol. The van der Waals surface area contributed by atoms with Gasteiger partial charge in [0, 0.05) is 37.4 Å². The first-order chi connectivity index (χ1) is 14.7. The van der Waals surface area contributed by atoms with E-state index >= 15 is 0 Å². The number of likely N-dealkylation sites (tertiary alicyclic amines) is 1. The van der Waals surface area contributed by atoms with Gasteiger partial charge in [-0.1, -0.05) is 18.2 Å². The topological polar surface area (TPSA) is 67.7 Å². The largest absolute Gasteiger partial charge is 0.378 e. The van der Waals surface area contributed by atoms with E-state index in [-0.39, 0.29) is 17.7 Å². The third-order valence-corrected chi connectivity index (χ3v) is 6.51. The summed E-state index contributed by atoms with van der Waals surface area (Å²) < 4.78 is 7.31. The third kappa shape index (κ3) is 3.51. The molecule has 7 nitrogen and oxygen atoms in total. The van der Waals surface area contributed by atoms with Crippen LogP contribution in [0.1, 0.15) is 41.0 Å². The van der Waals surface area contributed by atoms with E-state index < -0.39 is 0 Å². The summed E-state index contributed by atoms with van der Waals surface area (Å²) in [5.41, 5.74) is 3.81. The van der Waals surface area contributed by atoms with Gasteiger partial charge in [-0.05, 0) is 44.2 Å². The average Bonchev–Trinajstić information content (AvgIpc) is 3.42. The van der Waals surface area contributed by atoms with Crippen LogP contribution in [0.2, 0.25) is 0 Å². The zero-order valence-electron chi connectivity index (χ0n) is 17.3. The maximum Gasteiger partial charge on any atom is 0.274 e. The standard InChI is InChI=1S/C23H28N4O3/c28-22(25-12-14-30-15-13-25)17-6-5-11-26(16-17)23(29)21-19-9-4-10-20(19)27(24-21)18-7-2-1-3-8-18/h1-3,7-8,17H,4-6,9-16H2. The van der Waals surface area contributed by atoms with Crippen LogP contribution in [-0.2, 0) is 22.4 Å².